The van der Waals surface area contributed by atoms with E-state index in [4.69, 9.17) is 30.8 Å². The van der Waals surface area contributed by atoms with Crippen LogP contribution >= 0.6 is 16.5 Å². The summed E-state index contributed by atoms with van der Waals surface area (Å²) >= 11 is 0. The van der Waals surface area contributed by atoms with Crippen LogP contribution in [0.3, 0.4) is 0 Å². The molecule has 0 aliphatic rings. The average Bonchev–Trinajstić information content (AvgIpc) is 2.16. The third-order valence-electron chi connectivity index (χ3n) is 0.322. The lowest BCUT2D eigenvalue weighted by atomic mass is 10.8. The second-order valence-corrected chi connectivity index (χ2v) is 2.94. The summed E-state index contributed by atoms with van der Waals surface area (Å²) in [5.74, 6) is 0. The lowest BCUT2D eigenvalue weighted by Gasteiger charge is -1.58. The molecule has 2 unspecified atom stereocenters. The number of aliphatic hydroxyl groups excluding tert-OH is 2. The highest BCUT2D eigenvalue weighted by Gasteiger charge is 2.31. The van der Waals surface area contributed by atoms with Crippen molar-refractivity contribution in [2.24, 2.45) is 0 Å². The lowest BCUT2D eigenvalue weighted by molar-refractivity contribution is 0.360. The molecule has 2 atom stereocenters. The molecule has 0 aromatic carbocycles. The van der Waals surface area contributed by atoms with Crippen LogP contribution in [0.2, 0.25) is 0 Å². The molecule has 0 saturated heterocycles. The Balaban J connectivity index is -0.000000155. The van der Waals surface area contributed by atoms with Crippen molar-refractivity contribution >= 4 is 28.9 Å². The van der Waals surface area contributed by atoms with E-state index in [2.05, 4.69) is 4.31 Å². The van der Waals surface area contributed by atoms with E-state index in [1.165, 1.54) is 0 Å². The van der Waals surface area contributed by atoms with E-state index < -0.39 is 16.5 Å². The molecule has 0 radical (unpaired) electrons. The van der Waals surface area contributed by atoms with Gasteiger partial charge in [-0.1, -0.05) is 0 Å². The molecule has 0 saturated carbocycles. The molecule has 0 aromatic rings. The third kappa shape index (κ3) is 60.2. The first kappa shape index (κ1) is 19.8. The standard InChI is InChI=1S/2C2H5NO.O5P2/c2*3-1-2-4;1-6(2)5-7(3)4/h2*1,3-4H,2H2;/p+2. The molecule has 9 nitrogen and oxygen atoms in total. The molecule has 0 rings (SSSR count). The molecule has 0 spiro atoms. The summed E-state index contributed by atoms with van der Waals surface area (Å²) in [6.45, 7) is -0.278. The maximum atomic E-state index is 9.39. The molecule has 0 bridgehead atoms. The Hall–Kier alpha value is -0.660. The molecule has 11 heteroatoms. The normalized spacial score (nSPS) is 9.60. The van der Waals surface area contributed by atoms with Gasteiger partial charge in [-0.25, -0.2) is 0 Å². The number of aliphatic hydroxyl groups is 2. The summed E-state index contributed by atoms with van der Waals surface area (Å²) in [7, 11) is -5.85. The van der Waals surface area contributed by atoms with Crippen LogP contribution < -0.4 is 0 Å². The second-order valence-electron chi connectivity index (χ2n) is 1.33. The van der Waals surface area contributed by atoms with Crippen LogP contribution in [-0.4, -0.2) is 45.6 Å². The van der Waals surface area contributed by atoms with E-state index in [0.29, 0.717) is 0 Å². The van der Waals surface area contributed by atoms with Gasteiger partial charge in [0.15, 0.2) is 4.31 Å². The number of hydrogen-bond donors (Lipinski definition) is 6. The van der Waals surface area contributed by atoms with Gasteiger partial charge in [-0.05, 0) is 0 Å². The highest BCUT2D eigenvalue weighted by atomic mass is 31.2. The second kappa shape index (κ2) is 19.0. The molecule has 6 N–H and O–H groups in total. The molecular weight excluding hydrogens is 250 g/mol. The summed E-state index contributed by atoms with van der Waals surface area (Å²) in [6.07, 6.45) is 1.86. The maximum Gasteiger partial charge on any atom is 0.745 e. The van der Waals surface area contributed by atoms with Crippen LogP contribution in [0.5, 0.6) is 0 Å². The topological polar surface area (TPSA) is 172 Å². The minimum atomic E-state index is -2.92. The van der Waals surface area contributed by atoms with Crippen LogP contribution in [0, 0.1) is 10.8 Å². The zero-order valence-corrected chi connectivity index (χ0v) is 9.27. The summed E-state index contributed by atoms with van der Waals surface area (Å²) in [5, 5.41) is 27.4. The van der Waals surface area contributed by atoms with Crippen molar-refractivity contribution in [3.8, 4) is 0 Å². The van der Waals surface area contributed by atoms with Crippen molar-refractivity contribution in [1.29, 1.82) is 10.8 Å². The van der Waals surface area contributed by atoms with Crippen molar-refractivity contribution in [3.05, 3.63) is 0 Å². The zero-order chi connectivity index (χ0) is 12.7. The Morgan fingerprint density at radius 2 is 1.20 bits per heavy atom. The molecule has 0 aliphatic carbocycles. The lowest BCUT2D eigenvalue weighted by Crippen LogP contribution is -1.74. The van der Waals surface area contributed by atoms with Crippen molar-refractivity contribution in [2.75, 3.05) is 13.2 Å². The zero-order valence-electron chi connectivity index (χ0n) is 7.48. The van der Waals surface area contributed by atoms with Gasteiger partial charge in [0.2, 0.25) is 0 Å². The van der Waals surface area contributed by atoms with Gasteiger partial charge in [-0.2, -0.15) is 0 Å². The van der Waals surface area contributed by atoms with Crippen molar-refractivity contribution < 1.29 is 33.4 Å². The fourth-order valence-corrected chi connectivity index (χ4v) is 0.538. The van der Waals surface area contributed by atoms with Gasteiger partial charge in [0, 0.05) is 21.6 Å². The molecule has 0 aromatic heterocycles. The van der Waals surface area contributed by atoms with Crippen molar-refractivity contribution in [1.82, 2.24) is 0 Å². The van der Waals surface area contributed by atoms with E-state index in [9.17, 15) is 9.13 Å². The average molecular weight is 262 g/mol. The predicted octanol–water partition coefficient (Wildman–Crippen LogP) is -0.441. The van der Waals surface area contributed by atoms with Crippen LogP contribution in [0.25, 0.3) is 0 Å². The SMILES string of the molecule is N=CCO.N=CCO.O=[P+](O)O[P+](=O)O. The predicted molar refractivity (Wildman–Crippen MR) is 52.5 cm³/mol. The van der Waals surface area contributed by atoms with Gasteiger partial charge >= 0.3 is 16.5 Å². The van der Waals surface area contributed by atoms with Crippen molar-refractivity contribution in [2.45, 2.75) is 0 Å². The Kier molecular flexibility index (Phi) is 25.1. The summed E-state index contributed by atoms with van der Waals surface area (Å²) in [6, 6.07) is 0. The van der Waals surface area contributed by atoms with E-state index in [0.717, 1.165) is 12.4 Å². The Bertz CT molecular complexity index is 179. The number of hydrogen-bond acceptors (Lipinski definition) is 7. The highest BCUT2D eigenvalue weighted by Crippen LogP contribution is 2.30. The third-order valence-corrected chi connectivity index (χ3v) is 1.44. The van der Waals surface area contributed by atoms with Crippen LogP contribution in [-0.2, 0) is 13.4 Å². The van der Waals surface area contributed by atoms with Crippen molar-refractivity contribution in [3.63, 3.8) is 0 Å². The summed E-state index contributed by atoms with van der Waals surface area (Å²) in [4.78, 5) is 15.3. The number of rotatable bonds is 4. The molecular formula is C4H12N2O7P2+2. The summed E-state index contributed by atoms with van der Waals surface area (Å²) in [5.41, 5.74) is 0. The first-order chi connectivity index (χ1) is 6.95. The monoisotopic (exact) mass is 262 g/mol. The maximum absolute atomic E-state index is 9.39. The Morgan fingerprint density at radius 3 is 1.20 bits per heavy atom. The van der Waals surface area contributed by atoms with E-state index >= 15 is 0 Å². The van der Waals surface area contributed by atoms with E-state index in [1.54, 1.807) is 0 Å². The van der Waals surface area contributed by atoms with Crippen LogP contribution in [0.1, 0.15) is 0 Å². The molecule has 0 fully saturated rings. The Morgan fingerprint density at radius 1 is 1.00 bits per heavy atom. The first-order valence-electron chi connectivity index (χ1n) is 3.16. The highest BCUT2D eigenvalue weighted by molar-refractivity contribution is 7.46. The number of nitrogens with one attached hydrogen (secondary N) is 2. The summed E-state index contributed by atoms with van der Waals surface area (Å²) < 4.78 is 22.2. The molecule has 0 amide bonds. The smallest absolute Gasteiger partial charge is 0.391 e. The fourth-order valence-electron chi connectivity index (χ4n) is 0.0598. The van der Waals surface area contributed by atoms with Gasteiger partial charge in [0.05, 0.1) is 13.2 Å². The molecule has 15 heavy (non-hydrogen) atoms. The minimum absolute atomic E-state index is 0.139. The minimum Gasteiger partial charge on any atom is -0.391 e. The molecule has 88 valence electrons. The van der Waals surface area contributed by atoms with Crippen LogP contribution in [0.15, 0.2) is 0 Å². The molecule has 0 heterocycles. The first-order valence-corrected chi connectivity index (χ1v) is 5.42. The Labute approximate surface area is 87.3 Å². The van der Waals surface area contributed by atoms with E-state index in [-0.39, 0.29) is 13.2 Å². The van der Waals surface area contributed by atoms with E-state index in [1.807, 2.05) is 0 Å². The van der Waals surface area contributed by atoms with Gasteiger partial charge in [-0.15, -0.1) is 9.79 Å². The molecule has 0 aliphatic heterocycles. The van der Waals surface area contributed by atoms with Gasteiger partial charge < -0.3 is 21.0 Å². The largest absolute Gasteiger partial charge is 0.745 e. The quantitative estimate of drug-likeness (QED) is 0.294. The van der Waals surface area contributed by atoms with Crippen LogP contribution in [0.4, 0.5) is 0 Å². The fraction of sp³-hybridized carbons (Fsp3) is 0.500. The van der Waals surface area contributed by atoms with Gasteiger partial charge in [0.25, 0.3) is 0 Å². The van der Waals surface area contributed by atoms with Gasteiger partial charge in [-0.3, -0.25) is 0 Å². The van der Waals surface area contributed by atoms with Gasteiger partial charge in [0.1, 0.15) is 0 Å².